The zero-order chi connectivity index (χ0) is 18.3. The normalized spacial score (nSPS) is 11.1. The van der Waals surface area contributed by atoms with Crippen LogP contribution in [0.5, 0.6) is 0 Å². The number of anilines is 2. The van der Waals surface area contributed by atoms with Gasteiger partial charge in [0.1, 0.15) is 17.0 Å². The zero-order valence-electron chi connectivity index (χ0n) is 13.6. The number of hydrogen-bond donors (Lipinski definition) is 1. The summed E-state index contributed by atoms with van der Waals surface area (Å²) in [4.78, 5) is 10.9. The van der Waals surface area contributed by atoms with Crippen molar-refractivity contribution in [2.45, 2.75) is 6.92 Å². The monoisotopic (exact) mass is 419 g/mol. The van der Waals surface area contributed by atoms with Gasteiger partial charge in [0.25, 0.3) is 0 Å². The fraction of sp³-hybridized carbons (Fsp3) is 0.0526. The Morgan fingerprint density at radius 1 is 0.962 bits per heavy atom. The third kappa shape index (κ3) is 3.14. The summed E-state index contributed by atoms with van der Waals surface area (Å²) in [6.07, 6.45) is 1.53. The summed E-state index contributed by atoms with van der Waals surface area (Å²) >= 11 is 20.3. The molecule has 2 heterocycles. The average molecular weight is 421 g/mol. The quantitative estimate of drug-likeness (QED) is 0.376. The number of nitrogens with zero attached hydrogens (tertiary/aromatic N) is 2. The molecule has 0 aliphatic heterocycles. The minimum atomic E-state index is 0.433. The van der Waals surface area contributed by atoms with Gasteiger partial charge in [0.2, 0.25) is 0 Å². The molecule has 2 aromatic carbocycles. The highest BCUT2D eigenvalue weighted by Gasteiger charge is 2.18. The van der Waals surface area contributed by atoms with Crippen LogP contribution in [0, 0.1) is 6.92 Å². The predicted molar refractivity (Wildman–Crippen MR) is 112 cm³/mol. The van der Waals surface area contributed by atoms with Crippen molar-refractivity contribution in [3.63, 3.8) is 0 Å². The summed E-state index contributed by atoms with van der Waals surface area (Å²) in [6, 6.07) is 13.5. The van der Waals surface area contributed by atoms with E-state index in [4.69, 9.17) is 34.8 Å². The Balaban J connectivity index is 1.92. The highest BCUT2D eigenvalue weighted by Crippen LogP contribution is 2.42. The fourth-order valence-electron chi connectivity index (χ4n) is 2.87. The Morgan fingerprint density at radius 2 is 1.65 bits per heavy atom. The van der Waals surface area contributed by atoms with Gasteiger partial charge in [-0.1, -0.05) is 65.1 Å². The first-order chi connectivity index (χ1) is 12.5. The maximum absolute atomic E-state index is 6.33. The molecule has 0 saturated carbocycles. The number of benzene rings is 2. The number of nitrogens with one attached hydrogen (secondary N) is 1. The van der Waals surface area contributed by atoms with Gasteiger partial charge < -0.3 is 5.32 Å². The van der Waals surface area contributed by atoms with Crippen molar-refractivity contribution >= 4 is 67.9 Å². The molecule has 3 nitrogen and oxygen atoms in total. The van der Waals surface area contributed by atoms with Gasteiger partial charge >= 0.3 is 0 Å². The molecule has 0 saturated heterocycles. The molecule has 130 valence electrons. The van der Waals surface area contributed by atoms with E-state index in [-0.39, 0.29) is 0 Å². The van der Waals surface area contributed by atoms with Crippen LogP contribution in [0.25, 0.3) is 21.3 Å². The highest BCUT2D eigenvalue weighted by molar-refractivity contribution is 7.19. The van der Waals surface area contributed by atoms with E-state index in [1.165, 1.54) is 11.2 Å². The minimum Gasteiger partial charge on any atom is -0.337 e. The van der Waals surface area contributed by atoms with E-state index in [9.17, 15) is 0 Å². The van der Waals surface area contributed by atoms with Crippen molar-refractivity contribution in [1.82, 2.24) is 9.97 Å². The van der Waals surface area contributed by atoms with Gasteiger partial charge in [0.15, 0.2) is 0 Å². The Hall–Kier alpha value is -1.85. The minimum absolute atomic E-state index is 0.433. The summed E-state index contributed by atoms with van der Waals surface area (Å²) in [7, 11) is 0. The number of halogens is 3. The lowest BCUT2D eigenvalue weighted by molar-refractivity contribution is 1.23. The maximum atomic E-state index is 6.33. The summed E-state index contributed by atoms with van der Waals surface area (Å²) in [5, 5.41) is 5.56. The lowest BCUT2D eigenvalue weighted by atomic mass is 10.0. The molecule has 0 aliphatic carbocycles. The van der Waals surface area contributed by atoms with E-state index in [0.29, 0.717) is 26.6 Å². The Morgan fingerprint density at radius 3 is 2.35 bits per heavy atom. The molecule has 0 amide bonds. The molecule has 0 bridgehead atoms. The van der Waals surface area contributed by atoms with Crippen LogP contribution in [-0.4, -0.2) is 9.97 Å². The van der Waals surface area contributed by atoms with Gasteiger partial charge in [-0.3, -0.25) is 0 Å². The lowest BCUT2D eigenvalue weighted by Gasteiger charge is -2.12. The van der Waals surface area contributed by atoms with Crippen LogP contribution in [0.4, 0.5) is 11.5 Å². The van der Waals surface area contributed by atoms with E-state index in [1.807, 2.05) is 18.2 Å². The van der Waals surface area contributed by atoms with Crippen LogP contribution in [0.3, 0.4) is 0 Å². The smallest absolute Gasteiger partial charge is 0.143 e. The molecule has 26 heavy (non-hydrogen) atoms. The van der Waals surface area contributed by atoms with Crippen LogP contribution >= 0.6 is 46.1 Å². The van der Waals surface area contributed by atoms with Gasteiger partial charge in [-0.05, 0) is 24.6 Å². The van der Waals surface area contributed by atoms with E-state index in [2.05, 4.69) is 34.3 Å². The van der Waals surface area contributed by atoms with Crippen LogP contribution < -0.4 is 5.32 Å². The van der Waals surface area contributed by atoms with Crippen molar-refractivity contribution in [3.8, 4) is 11.1 Å². The summed E-state index contributed by atoms with van der Waals surface area (Å²) < 4.78 is 0. The summed E-state index contributed by atoms with van der Waals surface area (Å²) in [5.41, 5.74) is 2.79. The first-order valence-corrected chi connectivity index (χ1v) is 9.70. The molecule has 0 atom stereocenters. The number of aromatic nitrogens is 2. The van der Waals surface area contributed by atoms with Crippen molar-refractivity contribution in [1.29, 1.82) is 0 Å². The molecule has 7 heteroatoms. The molecule has 0 aliphatic rings. The second-order valence-corrected chi connectivity index (χ2v) is 8.13. The van der Waals surface area contributed by atoms with Gasteiger partial charge in [-0.25, -0.2) is 9.97 Å². The molecule has 0 fully saturated rings. The summed E-state index contributed by atoms with van der Waals surface area (Å²) in [6.45, 7) is 2.08. The third-order valence-electron chi connectivity index (χ3n) is 3.98. The Kier molecular flexibility index (Phi) is 4.76. The Labute approximate surface area is 169 Å². The van der Waals surface area contributed by atoms with Crippen LogP contribution in [0.1, 0.15) is 4.88 Å². The van der Waals surface area contributed by atoms with E-state index in [1.54, 1.807) is 23.5 Å². The van der Waals surface area contributed by atoms with Crippen molar-refractivity contribution < 1.29 is 0 Å². The first kappa shape index (κ1) is 17.6. The molecule has 0 spiro atoms. The van der Waals surface area contributed by atoms with Crippen LogP contribution in [0.2, 0.25) is 15.1 Å². The van der Waals surface area contributed by atoms with Crippen LogP contribution in [0.15, 0.2) is 48.8 Å². The molecule has 0 radical (unpaired) electrons. The number of aryl methyl sites for hydroxylation is 1. The third-order valence-corrected chi connectivity index (χ3v) is 5.80. The van der Waals surface area contributed by atoms with Gasteiger partial charge in [-0.15, -0.1) is 11.3 Å². The number of thiophene rings is 1. The number of fused-ring (bicyclic) bond motifs is 1. The predicted octanol–water partition coefficient (Wildman–Crippen LogP) is 7.37. The maximum Gasteiger partial charge on any atom is 0.143 e. The fourth-order valence-corrected chi connectivity index (χ4v) is 4.80. The molecular weight excluding hydrogens is 409 g/mol. The van der Waals surface area contributed by atoms with Gasteiger partial charge in [-0.2, -0.15) is 0 Å². The Bertz CT molecular complexity index is 1090. The van der Waals surface area contributed by atoms with Crippen molar-refractivity contribution in [2.24, 2.45) is 0 Å². The average Bonchev–Trinajstić information content (AvgIpc) is 2.95. The summed E-state index contributed by atoms with van der Waals surface area (Å²) in [5.74, 6) is 0.657. The van der Waals surface area contributed by atoms with Crippen molar-refractivity contribution in [3.05, 3.63) is 68.7 Å². The van der Waals surface area contributed by atoms with Gasteiger partial charge in [0.05, 0.1) is 21.1 Å². The molecule has 1 N–H and O–H groups in total. The lowest BCUT2D eigenvalue weighted by Crippen LogP contribution is -1.97. The van der Waals surface area contributed by atoms with E-state index >= 15 is 0 Å². The standard InChI is InChI=1S/C19H12Cl3N3S/c1-10-15(11-5-3-2-4-6-11)16-18(23-9-24-19(16)26-10)25-17-13(21)7-12(20)8-14(17)22/h2-9H,1H3,(H,23,24,25). The number of hydrogen-bond acceptors (Lipinski definition) is 4. The molecule has 4 aromatic rings. The molecule has 0 unspecified atom stereocenters. The zero-order valence-corrected chi connectivity index (χ0v) is 16.6. The highest BCUT2D eigenvalue weighted by atomic mass is 35.5. The SMILES string of the molecule is Cc1sc2ncnc(Nc3c(Cl)cc(Cl)cc3Cl)c2c1-c1ccccc1. The molecule has 2 aromatic heterocycles. The molecular formula is C19H12Cl3N3S. The van der Waals surface area contributed by atoms with Crippen molar-refractivity contribution in [2.75, 3.05) is 5.32 Å². The largest absolute Gasteiger partial charge is 0.337 e. The van der Waals surface area contributed by atoms with Crippen LogP contribution in [-0.2, 0) is 0 Å². The topological polar surface area (TPSA) is 37.8 Å². The molecule has 4 rings (SSSR count). The first-order valence-electron chi connectivity index (χ1n) is 7.75. The van der Waals surface area contributed by atoms with Gasteiger partial charge in [0, 0.05) is 15.5 Å². The number of rotatable bonds is 3. The van der Waals surface area contributed by atoms with E-state index in [0.717, 1.165) is 21.3 Å². The second kappa shape index (κ2) is 7.05. The van der Waals surface area contributed by atoms with E-state index < -0.39 is 0 Å². The second-order valence-electron chi connectivity index (χ2n) is 5.67.